The van der Waals surface area contributed by atoms with Crippen LogP contribution in [0.5, 0.6) is 11.5 Å². The van der Waals surface area contributed by atoms with Gasteiger partial charge in [-0.3, -0.25) is 5.43 Å². The molecule has 1 aliphatic heterocycles. The van der Waals surface area contributed by atoms with E-state index in [1.165, 1.54) is 0 Å². The van der Waals surface area contributed by atoms with Gasteiger partial charge >= 0.3 is 0 Å². The number of thiocarbonyl (C=S) groups is 1. The van der Waals surface area contributed by atoms with Gasteiger partial charge in [0, 0.05) is 18.5 Å². The molecular formula is C19H24N4O3S2. The molecule has 1 aliphatic rings. The number of thiazole rings is 1. The molecule has 2 aromatic rings. The summed E-state index contributed by atoms with van der Waals surface area (Å²) in [6.45, 7) is 3.90. The van der Waals surface area contributed by atoms with Crippen LogP contribution < -0.4 is 20.2 Å². The molecule has 0 amide bonds. The predicted octanol–water partition coefficient (Wildman–Crippen LogP) is 3.02. The molecule has 0 radical (unpaired) electrons. The Morgan fingerprint density at radius 2 is 2.36 bits per heavy atom. The Kier molecular flexibility index (Phi) is 7.58. The molecule has 7 nitrogen and oxygen atoms in total. The lowest BCUT2D eigenvalue weighted by Crippen LogP contribution is -2.37. The first-order valence-electron chi connectivity index (χ1n) is 9.04. The lowest BCUT2D eigenvalue weighted by molar-refractivity contribution is 0.114. The number of aromatic nitrogens is 1. The van der Waals surface area contributed by atoms with E-state index in [0.29, 0.717) is 29.8 Å². The van der Waals surface area contributed by atoms with Crippen molar-refractivity contribution in [3.05, 3.63) is 39.8 Å². The first-order chi connectivity index (χ1) is 13.6. The van der Waals surface area contributed by atoms with E-state index in [9.17, 15) is 0 Å². The molecule has 0 spiro atoms. The summed E-state index contributed by atoms with van der Waals surface area (Å²) in [5, 5.41) is 10.8. The van der Waals surface area contributed by atoms with E-state index in [2.05, 4.69) is 20.8 Å². The van der Waals surface area contributed by atoms with Gasteiger partial charge in [-0.15, -0.1) is 11.3 Å². The molecule has 1 aromatic heterocycles. The predicted molar refractivity (Wildman–Crippen MR) is 114 cm³/mol. The van der Waals surface area contributed by atoms with Crippen LogP contribution >= 0.6 is 23.6 Å². The summed E-state index contributed by atoms with van der Waals surface area (Å²) in [5.41, 5.74) is 4.58. The highest BCUT2D eigenvalue weighted by Gasteiger charge is 2.15. The number of benzene rings is 1. The highest BCUT2D eigenvalue weighted by atomic mass is 32.1. The number of ether oxygens (including phenoxy) is 3. The SMILES string of the molecule is COc1cc(/C=N\NC(=S)NC[C@H]2CCCO2)ccc1OCc1csc(C)n1. The number of rotatable bonds is 8. The number of methoxy groups -OCH3 is 1. The quantitative estimate of drug-likeness (QED) is 0.386. The molecule has 3 rings (SSSR count). The van der Waals surface area contributed by atoms with Crippen molar-refractivity contribution in [3.8, 4) is 11.5 Å². The third-order valence-corrected chi connectivity index (χ3v) is 5.18. The van der Waals surface area contributed by atoms with Crippen molar-refractivity contribution in [1.29, 1.82) is 0 Å². The summed E-state index contributed by atoms with van der Waals surface area (Å²) in [6, 6.07) is 5.61. The molecule has 2 N–H and O–H groups in total. The number of hydrogen-bond acceptors (Lipinski definition) is 7. The molecule has 0 unspecified atom stereocenters. The summed E-state index contributed by atoms with van der Waals surface area (Å²) < 4.78 is 16.8. The zero-order chi connectivity index (χ0) is 19.8. The van der Waals surface area contributed by atoms with Gasteiger partial charge < -0.3 is 19.5 Å². The van der Waals surface area contributed by atoms with Crippen LogP contribution in [-0.2, 0) is 11.3 Å². The molecule has 2 heterocycles. The molecule has 150 valence electrons. The van der Waals surface area contributed by atoms with Crippen molar-refractivity contribution in [1.82, 2.24) is 15.7 Å². The fraction of sp³-hybridized carbons (Fsp3) is 0.421. The summed E-state index contributed by atoms with van der Waals surface area (Å²) >= 11 is 6.82. The molecule has 28 heavy (non-hydrogen) atoms. The fourth-order valence-electron chi connectivity index (χ4n) is 2.73. The second-order valence-corrected chi connectivity index (χ2v) is 7.74. The Hall–Kier alpha value is -2.23. The van der Waals surface area contributed by atoms with Gasteiger partial charge in [0.15, 0.2) is 16.6 Å². The second kappa shape index (κ2) is 10.4. The average Bonchev–Trinajstić information content (AvgIpc) is 3.36. The number of aryl methyl sites for hydroxylation is 1. The Balaban J connectivity index is 1.49. The van der Waals surface area contributed by atoms with Crippen LogP contribution in [0.15, 0.2) is 28.7 Å². The normalized spacial score (nSPS) is 16.3. The van der Waals surface area contributed by atoms with Crippen LogP contribution in [0.2, 0.25) is 0 Å². The van der Waals surface area contributed by atoms with Crippen LogP contribution in [0, 0.1) is 6.92 Å². The maximum atomic E-state index is 5.82. The van der Waals surface area contributed by atoms with E-state index < -0.39 is 0 Å². The summed E-state index contributed by atoms with van der Waals surface area (Å²) in [7, 11) is 1.61. The minimum Gasteiger partial charge on any atom is -0.493 e. The topological polar surface area (TPSA) is 77.0 Å². The molecule has 0 saturated carbocycles. The van der Waals surface area contributed by atoms with Crippen LogP contribution in [0.1, 0.15) is 29.1 Å². The first-order valence-corrected chi connectivity index (χ1v) is 10.3. The van der Waals surface area contributed by atoms with Crippen molar-refractivity contribution >= 4 is 34.9 Å². The highest BCUT2D eigenvalue weighted by molar-refractivity contribution is 7.80. The zero-order valence-electron chi connectivity index (χ0n) is 15.9. The van der Waals surface area contributed by atoms with Gasteiger partial charge in [-0.1, -0.05) is 0 Å². The van der Waals surface area contributed by atoms with Gasteiger partial charge in [-0.2, -0.15) is 5.10 Å². The minimum absolute atomic E-state index is 0.230. The van der Waals surface area contributed by atoms with E-state index in [-0.39, 0.29) is 6.10 Å². The van der Waals surface area contributed by atoms with Gasteiger partial charge in [-0.05, 0) is 55.7 Å². The molecule has 0 bridgehead atoms. The number of nitrogens with one attached hydrogen (secondary N) is 2. The largest absolute Gasteiger partial charge is 0.493 e. The van der Waals surface area contributed by atoms with Crippen molar-refractivity contribution < 1.29 is 14.2 Å². The average molecular weight is 421 g/mol. The van der Waals surface area contributed by atoms with Gasteiger partial charge in [-0.25, -0.2) is 4.98 Å². The van der Waals surface area contributed by atoms with Gasteiger partial charge in [0.2, 0.25) is 0 Å². The summed E-state index contributed by atoms with van der Waals surface area (Å²) in [4.78, 5) is 4.39. The monoisotopic (exact) mass is 420 g/mol. The van der Waals surface area contributed by atoms with Crippen LogP contribution in [0.4, 0.5) is 0 Å². The number of nitrogens with zero attached hydrogens (tertiary/aromatic N) is 2. The van der Waals surface area contributed by atoms with E-state index in [1.54, 1.807) is 24.7 Å². The molecule has 1 saturated heterocycles. The lowest BCUT2D eigenvalue weighted by Gasteiger charge is -2.12. The summed E-state index contributed by atoms with van der Waals surface area (Å²) in [6.07, 6.45) is 4.08. The van der Waals surface area contributed by atoms with Crippen LogP contribution in [-0.4, -0.2) is 42.7 Å². The second-order valence-electron chi connectivity index (χ2n) is 6.27. The molecule has 9 heteroatoms. The van der Waals surface area contributed by atoms with Gasteiger partial charge in [0.05, 0.1) is 30.1 Å². The molecule has 1 fully saturated rings. The third kappa shape index (κ3) is 6.15. The van der Waals surface area contributed by atoms with Gasteiger partial charge in [0.1, 0.15) is 6.61 Å². The van der Waals surface area contributed by atoms with E-state index in [4.69, 9.17) is 26.4 Å². The fourth-order valence-corrected chi connectivity index (χ4v) is 3.46. The minimum atomic E-state index is 0.230. The Labute approximate surface area is 174 Å². The first kappa shape index (κ1) is 20.5. The van der Waals surface area contributed by atoms with Crippen LogP contribution in [0.3, 0.4) is 0 Å². The Morgan fingerprint density at radius 3 is 3.07 bits per heavy atom. The van der Waals surface area contributed by atoms with E-state index in [1.807, 2.05) is 30.5 Å². The van der Waals surface area contributed by atoms with E-state index in [0.717, 1.165) is 35.7 Å². The molecule has 1 atom stereocenters. The maximum Gasteiger partial charge on any atom is 0.187 e. The van der Waals surface area contributed by atoms with Gasteiger partial charge in [0.25, 0.3) is 0 Å². The number of hydrogen-bond donors (Lipinski definition) is 2. The van der Waals surface area contributed by atoms with Crippen molar-refractivity contribution in [2.45, 2.75) is 32.5 Å². The van der Waals surface area contributed by atoms with Crippen molar-refractivity contribution in [3.63, 3.8) is 0 Å². The Morgan fingerprint density at radius 1 is 1.46 bits per heavy atom. The number of hydrazone groups is 1. The van der Waals surface area contributed by atoms with Crippen LogP contribution in [0.25, 0.3) is 0 Å². The van der Waals surface area contributed by atoms with Crippen molar-refractivity contribution in [2.75, 3.05) is 20.3 Å². The van der Waals surface area contributed by atoms with Crippen molar-refractivity contribution in [2.24, 2.45) is 5.10 Å². The third-order valence-electron chi connectivity index (χ3n) is 4.12. The zero-order valence-corrected chi connectivity index (χ0v) is 17.6. The summed E-state index contributed by atoms with van der Waals surface area (Å²) in [5.74, 6) is 1.29. The maximum absolute atomic E-state index is 5.82. The van der Waals surface area contributed by atoms with E-state index >= 15 is 0 Å². The Bertz CT molecular complexity index is 819. The molecular weight excluding hydrogens is 396 g/mol. The molecule has 1 aromatic carbocycles. The smallest absolute Gasteiger partial charge is 0.187 e. The highest BCUT2D eigenvalue weighted by Crippen LogP contribution is 2.28. The molecule has 0 aliphatic carbocycles. The standard InChI is InChI=1S/C19H24N4O3S2/c1-13-22-15(12-28-13)11-26-17-6-5-14(8-18(17)24-2)9-21-23-19(27)20-10-16-4-3-7-25-16/h5-6,8-9,12,16H,3-4,7,10-11H2,1-2H3,(H2,20,23,27)/b21-9-/t16-/m1/s1. The lowest BCUT2D eigenvalue weighted by atomic mass is 10.2.